The zero-order valence-corrected chi connectivity index (χ0v) is 15.2. The lowest BCUT2D eigenvalue weighted by Crippen LogP contribution is -1.95. The van der Waals surface area contributed by atoms with Crippen LogP contribution in [0.25, 0.3) is 10.1 Å². The van der Waals surface area contributed by atoms with Gasteiger partial charge in [-0.05, 0) is 36.6 Å². The fourth-order valence-corrected chi connectivity index (χ4v) is 5.09. The van der Waals surface area contributed by atoms with Gasteiger partial charge in [0.25, 0.3) is 0 Å². The van der Waals surface area contributed by atoms with Crippen LogP contribution < -0.4 is 4.74 Å². The molecule has 3 rings (SSSR count). The molecule has 0 unspecified atom stereocenters. The van der Waals surface area contributed by atoms with Crippen LogP contribution in [0.2, 0.25) is 0 Å². The summed E-state index contributed by atoms with van der Waals surface area (Å²) < 4.78 is 6.39. The summed E-state index contributed by atoms with van der Waals surface area (Å²) in [5, 5.41) is 10.5. The molecule has 0 radical (unpaired) electrons. The summed E-state index contributed by atoms with van der Waals surface area (Å²) in [6.07, 6.45) is 0.908. The molecule has 124 valence electrons. The lowest BCUT2D eigenvalue weighted by molar-refractivity contribution is 0.0699. The molecule has 0 bridgehead atoms. The van der Waals surface area contributed by atoms with Gasteiger partial charge in [0.05, 0.1) is 7.11 Å². The Balaban J connectivity index is 1.92. The van der Waals surface area contributed by atoms with E-state index in [0.29, 0.717) is 4.88 Å². The van der Waals surface area contributed by atoms with Crippen LogP contribution in [0.3, 0.4) is 0 Å². The van der Waals surface area contributed by atoms with E-state index in [2.05, 4.69) is 12.1 Å². The molecule has 0 saturated carbocycles. The Hall–Kier alpha value is -1.98. The van der Waals surface area contributed by atoms with Crippen LogP contribution in [-0.2, 0) is 6.42 Å². The Morgan fingerprint density at radius 2 is 2.00 bits per heavy atom. The maximum atomic E-state index is 11.6. The summed E-state index contributed by atoms with van der Waals surface area (Å²) in [5.41, 5.74) is 2.28. The maximum Gasteiger partial charge on any atom is 0.347 e. The fraction of sp³-hybridized carbons (Fsp3) is 0.211. The third kappa shape index (κ3) is 3.42. The minimum absolute atomic E-state index is 0.413. The predicted octanol–water partition coefficient (Wildman–Crippen LogP) is 5.25. The van der Waals surface area contributed by atoms with E-state index in [1.807, 2.05) is 37.3 Å². The minimum atomic E-state index is -0.866. The van der Waals surface area contributed by atoms with Crippen LogP contribution in [-0.4, -0.2) is 23.9 Å². The molecule has 1 N–H and O–H groups in total. The van der Waals surface area contributed by atoms with E-state index < -0.39 is 5.97 Å². The number of carboxylic acids is 1. The largest absolute Gasteiger partial charge is 0.496 e. The van der Waals surface area contributed by atoms with Gasteiger partial charge in [0.1, 0.15) is 10.6 Å². The molecule has 5 heteroatoms. The molecule has 1 heterocycles. The smallest absolute Gasteiger partial charge is 0.347 e. The topological polar surface area (TPSA) is 46.5 Å². The number of benzene rings is 2. The number of carbonyl (C=O) groups is 1. The zero-order chi connectivity index (χ0) is 17.1. The van der Waals surface area contributed by atoms with Gasteiger partial charge in [0.2, 0.25) is 0 Å². The summed E-state index contributed by atoms with van der Waals surface area (Å²) in [6, 6.07) is 14.2. The van der Waals surface area contributed by atoms with Crippen LogP contribution in [0.1, 0.15) is 20.8 Å². The Bertz CT molecular complexity index is 869. The molecule has 0 saturated heterocycles. The van der Waals surface area contributed by atoms with Gasteiger partial charge in [-0.3, -0.25) is 0 Å². The van der Waals surface area contributed by atoms with Gasteiger partial charge < -0.3 is 9.84 Å². The van der Waals surface area contributed by atoms with E-state index in [0.717, 1.165) is 38.5 Å². The molecule has 24 heavy (non-hydrogen) atoms. The SMILES string of the molecule is COc1cc2c(SCCc3ccccc3)c(C(=O)O)sc2cc1C. The van der Waals surface area contributed by atoms with Crippen molar-refractivity contribution in [1.82, 2.24) is 0 Å². The molecule has 0 atom stereocenters. The molecule has 0 amide bonds. The summed E-state index contributed by atoms with van der Waals surface area (Å²) in [5.74, 6) is 0.768. The third-order valence-corrected chi connectivity index (χ3v) is 6.22. The van der Waals surface area contributed by atoms with E-state index in [1.54, 1.807) is 18.9 Å². The van der Waals surface area contributed by atoms with Gasteiger partial charge >= 0.3 is 5.97 Å². The number of aromatic carboxylic acids is 1. The average Bonchev–Trinajstić information content (AvgIpc) is 2.93. The third-order valence-electron chi connectivity index (χ3n) is 3.83. The second-order valence-electron chi connectivity index (χ2n) is 5.47. The Morgan fingerprint density at radius 3 is 2.67 bits per heavy atom. The highest BCUT2D eigenvalue weighted by molar-refractivity contribution is 7.99. The summed E-state index contributed by atoms with van der Waals surface area (Å²) in [7, 11) is 1.64. The van der Waals surface area contributed by atoms with E-state index in [-0.39, 0.29) is 0 Å². The van der Waals surface area contributed by atoms with Gasteiger partial charge in [-0.15, -0.1) is 23.1 Å². The monoisotopic (exact) mass is 358 g/mol. The van der Waals surface area contributed by atoms with Gasteiger partial charge in [-0.25, -0.2) is 4.79 Å². The Labute approximate surface area is 149 Å². The maximum absolute atomic E-state index is 11.6. The molecule has 0 fully saturated rings. The number of thioether (sulfide) groups is 1. The molecule has 3 nitrogen and oxygen atoms in total. The number of aryl methyl sites for hydroxylation is 2. The second-order valence-corrected chi connectivity index (χ2v) is 7.62. The number of hydrogen-bond donors (Lipinski definition) is 1. The molecular weight excluding hydrogens is 340 g/mol. The summed E-state index contributed by atoms with van der Waals surface area (Å²) >= 11 is 2.94. The first-order valence-electron chi connectivity index (χ1n) is 7.61. The first-order chi connectivity index (χ1) is 11.6. The Morgan fingerprint density at radius 1 is 1.25 bits per heavy atom. The first kappa shape index (κ1) is 16.9. The highest BCUT2D eigenvalue weighted by Crippen LogP contribution is 2.41. The van der Waals surface area contributed by atoms with Crippen LogP contribution in [0.5, 0.6) is 5.75 Å². The lowest BCUT2D eigenvalue weighted by atomic mass is 10.1. The van der Waals surface area contributed by atoms with Crippen molar-refractivity contribution in [1.29, 1.82) is 0 Å². The van der Waals surface area contributed by atoms with Gasteiger partial charge in [0.15, 0.2) is 0 Å². The van der Waals surface area contributed by atoms with E-state index >= 15 is 0 Å². The molecule has 0 aliphatic carbocycles. The van der Waals surface area contributed by atoms with Crippen LogP contribution in [0.4, 0.5) is 0 Å². The number of thiophene rings is 1. The quantitative estimate of drug-likeness (QED) is 0.611. The van der Waals surface area contributed by atoms with E-state index in [4.69, 9.17) is 4.74 Å². The van der Waals surface area contributed by atoms with E-state index in [1.165, 1.54) is 16.9 Å². The molecule has 1 aromatic heterocycles. The van der Waals surface area contributed by atoms with Crippen molar-refractivity contribution in [3.63, 3.8) is 0 Å². The van der Waals surface area contributed by atoms with Crippen molar-refractivity contribution in [3.8, 4) is 5.75 Å². The standard InChI is InChI=1S/C19H18O3S2/c1-12-10-16-14(11-15(12)22-2)17(18(24-16)19(20)21)23-9-8-13-6-4-3-5-7-13/h3-7,10-11H,8-9H2,1-2H3,(H,20,21). The number of hydrogen-bond acceptors (Lipinski definition) is 4. The second kappa shape index (κ2) is 7.28. The van der Waals surface area contributed by atoms with Gasteiger partial charge in [-0.2, -0.15) is 0 Å². The lowest BCUT2D eigenvalue weighted by Gasteiger charge is -2.06. The van der Waals surface area contributed by atoms with Crippen molar-refractivity contribution < 1.29 is 14.6 Å². The van der Waals surface area contributed by atoms with Crippen molar-refractivity contribution in [2.45, 2.75) is 18.2 Å². The number of fused-ring (bicyclic) bond motifs is 1. The van der Waals surface area contributed by atoms with Crippen molar-refractivity contribution in [2.24, 2.45) is 0 Å². The highest BCUT2D eigenvalue weighted by atomic mass is 32.2. The van der Waals surface area contributed by atoms with Crippen molar-refractivity contribution in [3.05, 3.63) is 58.5 Å². The molecule has 0 aliphatic heterocycles. The van der Waals surface area contributed by atoms with Crippen LogP contribution in [0.15, 0.2) is 47.4 Å². The molecule has 2 aromatic carbocycles. The molecule has 3 aromatic rings. The van der Waals surface area contributed by atoms with Gasteiger partial charge in [-0.1, -0.05) is 30.3 Å². The van der Waals surface area contributed by atoms with E-state index in [9.17, 15) is 9.90 Å². The average molecular weight is 358 g/mol. The normalized spacial score (nSPS) is 10.9. The summed E-state index contributed by atoms with van der Waals surface area (Å²) in [6.45, 7) is 1.97. The fourth-order valence-electron chi connectivity index (χ4n) is 2.62. The zero-order valence-electron chi connectivity index (χ0n) is 13.5. The van der Waals surface area contributed by atoms with Crippen molar-refractivity contribution >= 4 is 39.2 Å². The van der Waals surface area contributed by atoms with Crippen molar-refractivity contribution in [2.75, 3.05) is 12.9 Å². The molecule has 0 aliphatic rings. The highest BCUT2D eigenvalue weighted by Gasteiger charge is 2.19. The summed E-state index contributed by atoms with van der Waals surface area (Å²) in [4.78, 5) is 12.9. The number of ether oxygens (including phenoxy) is 1. The van der Waals surface area contributed by atoms with Crippen LogP contribution in [0, 0.1) is 6.92 Å². The van der Waals surface area contributed by atoms with Crippen LogP contribution >= 0.6 is 23.1 Å². The number of carboxylic acid groups (broad SMARTS) is 1. The Kier molecular flexibility index (Phi) is 5.11. The number of rotatable bonds is 6. The predicted molar refractivity (Wildman–Crippen MR) is 101 cm³/mol. The first-order valence-corrected chi connectivity index (χ1v) is 9.41. The number of methoxy groups -OCH3 is 1. The molecular formula is C19H18O3S2. The minimum Gasteiger partial charge on any atom is -0.496 e. The van der Waals surface area contributed by atoms with Gasteiger partial charge in [0, 0.05) is 20.7 Å². The molecule has 0 spiro atoms.